The zero-order valence-corrected chi connectivity index (χ0v) is 20.2. The summed E-state index contributed by atoms with van der Waals surface area (Å²) in [5, 5.41) is 11.4. The van der Waals surface area contributed by atoms with Crippen LogP contribution in [0.25, 0.3) is 27.8 Å². The summed E-state index contributed by atoms with van der Waals surface area (Å²) in [6, 6.07) is 19.3. The number of rotatable bonds is 8. The molecule has 0 bridgehead atoms. The normalized spacial score (nSPS) is 11.1. The van der Waals surface area contributed by atoms with Crippen LogP contribution in [0.15, 0.2) is 79.4 Å². The Morgan fingerprint density at radius 1 is 0.892 bits per heavy atom. The summed E-state index contributed by atoms with van der Waals surface area (Å²) in [4.78, 5) is 13.6. The van der Waals surface area contributed by atoms with Crippen LogP contribution in [-0.4, -0.2) is 43.9 Å². The van der Waals surface area contributed by atoms with Crippen LogP contribution >= 0.6 is 0 Å². The van der Waals surface area contributed by atoms with E-state index in [1.165, 1.54) is 0 Å². The third-order valence-corrected chi connectivity index (χ3v) is 5.97. The van der Waals surface area contributed by atoms with Crippen LogP contribution in [0, 0.1) is 0 Å². The summed E-state index contributed by atoms with van der Waals surface area (Å²) in [5.74, 6) is 2.47. The second-order valence-electron chi connectivity index (χ2n) is 8.29. The Morgan fingerprint density at radius 3 is 2.62 bits per heavy atom. The number of hydrogen-bond donors (Lipinski definition) is 2. The van der Waals surface area contributed by atoms with Crippen molar-refractivity contribution in [3.05, 3.63) is 84.9 Å². The lowest BCUT2D eigenvalue weighted by atomic mass is 10.2. The number of aromatic amines is 1. The number of aromatic nitrogens is 6. The molecule has 6 aromatic rings. The van der Waals surface area contributed by atoms with Crippen LogP contribution < -0.4 is 19.5 Å². The van der Waals surface area contributed by atoms with Gasteiger partial charge < -0.3 is 19.5 Å². The number of nitrogens with zero attached hydrogens (tertiary/aromatic N) is 5. The number of H-pyrrole nitrogens is 1. The van der Waals surface area contributed by atoms with Gasteiger partial charge in [-0.2, -0.15) is 10.1 Å². The number of anilines is 2. The van der Waals surface area contributed by atoms with Crippen molar-refractivity contribution in [2.45, 2.75) is 6.61 Å². The fraction of sp³-hybridized carbons (Fsp3) is 0.111. The predicted octanol–water partition coefficient (Wildman–Crippen LogP) is 5.03. The van der Waals surface area contributed by atoms with Crippen LogP contribution in [0.2, 0.25) is 0 Å². The highest BCUT2D eigenvalue weighted by Gasteiger charge is 2.12. The summed E-state index contributed by atoms with van der Waals surface area (Å²) in [6.45, 7) is 0.404. The van der Waals surface area contributed by atoms with Gasteiger partial charge in [0.1, 0.15) is 24.2 Å². The van der Waals surface area contributed by atoms with Gasteiger partial charge in [0.05, 0.1) is 37.8 Å². The molecule has 3 aromatic heterocycles. The van der Waals surface area contributed by atoms with Crippen molar-refractivity contribution < 1.29 is 14.2 Å². The topological polar surface area (TPSA) is 112 Å². The molecular weight excluding hydrogens is 470 g/mol. The van der Waals surface area contributed by atoms with E-state index in [0.29, 0.717) is 35.2 Å². The number of nitrogens with one attached hydrogen (secondary N) is 2. The standard InChI is InChI=1S/C27H23N7O3/c1-35-21-8-3-17(4-9-21)15-37-24-10-6-19(11-25(24)36-2)31-27-28-14-23-26(32-27)34(16-29-23)20-7-5-18-13-30-33-22(18)12-20/h3-14,16H,15H2,1-2H3,(H,30,33)(H,28,31,32). The molecule has 6 rings (SSSR count). The van der Waals surface area contributed by atoms with E-state index in [2.05, 4.69) is 25.5 Å². The van der Waals surface area contributed by atoms with Gasteiger partial charge >= 0.3 is 0 Å². The highest BCUT2D eigenvalue weighted by Crippen LogP contribution is 2.32. The maximum Gasteiger partial charge on any atom is 0.229 e. The minimum absolute atomic E-state index is 0.404. The van der Waals surface area contributed by atoms with Crippen molar-refractivity contribution in [1.82, 2.24) is 29.7 Å². The molecule has 0 saturated heterocycles. The van der Waals surface area contributed by atoms with E-state index in [9.17, 15) is 0 Å². The van der Waals surface area contributed by atoms with E-state index in [1.807, 2.05) is 65.2 Å². The zero-order chi connectivity index (χ0) is 25.2. The Hall–Kier alpha value is -5.12. The lowest BCUT2D eigenvalue weighted by Gasteiger charge is -2.13. The molecule has 0 aliphatic heterocycles. The average Bonchev–Trinajstić information content (AvgIpc) is 3.59. The van der Waals surface area contributed by atoms with Crippen LogP contribution in [0.5, 0.6) is 17.2 Å². The first-order valence-electron chi connectivity index (χ1n) is 11.5. The highest BCUT2D eigenvalue weighted by atomic mass is 16.5. The molecule has 10 heteroatoms. The minimum atomic E-state index is 0.404. The van der Waals surface area contributed by atoms with Gasteiger partial charge in [0.25, 0.3) is 0 Å². The van der Waals surface area contributed by atoms with E-state index >= 15 is 0 Å². The first-order chi connectivity index (χ1) is 18.2. The Kier molecular flexibility index (Phi) is 5.74. The quantitative estimate of drug-likeness (QED) is 0.304. The van der Waals surface area contributed by atoms with Gasteiger partial charge in [-0.3, -0.25) is 9.67 Å². The largest absolute Gasteiger partial charge is 0.497 e. The minimum Gasteiger partial charge on any atom is -0.497 e. The predicted molar refractivity (Wildman–Crippen MR) is 140 cm³/mol. The Balaban J connectivity index is 1.22. The van der Waals surface area contributed by atoms with Gasteiger partial charge in [0.2, 0.25) is 5.95 Å². The molecular formula is C27H23N7O3. The van der Waals surface area contributed by atoms with E-state index in [-0.39, 0.29) is 0 Å². The number of hydrogen-bond acceptors (Lipinski definition) is 8. The smallest absolute Gasteiger partial charge is 0.229 e. The molecule has 2 N–H and O–H groups in total. The molecule has 0 aliphatic carbocycles. The van der Waals surface area contributed by atoms with Crippen molar-refractivity contribution in [3.8, 4) is 22.9 Å². The maximum atomic E-state index is 5.99. The van der Waals surface area contributed by atoms with Crippen LogP contribution in [0.3, 0.4) is 0 Å². The Labute approximate surface area is 211 Å². The molecule has 0 fully saturated rings. The number of ether oxygens (including phenoxy) is 3. The molecule has 0 aliphatic rings. The summed E-state index contributed by atoms with van der Waals surface area (Å²) in [6.07, 6.45) is 5.22. The van der Waals surface area contributed by atoms with E-state index in [4.69, 9.17) is 19.2 Å². The molecule has 0 atom stereocenters. The monoisotopic (exact) mass is 493 g/mol. The van der Waals surface area contributed by atoms with Crippen LogP contribution in [0.4, 0.5) is 11.6 Å². The van der Waals surface area contributed by atoms with Crippen molar-refractivity contribution >= 4 is 33.7 Å². The molecule has 184 valence electrons. The summed E-state index contributed by atoms with van der Waals surface area (Å²) < 4.78 is 18.7. The van der Waals surface area contributed by atoms with Gasteiger partial charge in [-0.05, 0) is 48.0 Å². The number of methoxy groups -OCH3 is 2. The van der Waals surface area contributed by atoms with Crippen molar-refractivity contribution in [3.63, 3.8) is 0 Å². The van der Waals surface area contributed by atoms with Crippen molar-refractivity contribution in [2.75, 3.05) is 19.5 Å². The lowest BCUT2D eigenvalue weighted by Crippen LogP contribution is -2.01. The molecule has 0 unspecified atom stereocenters. The van der Waals surface area contributed by atoms with Crippen LogP contribution in [-0.2, 0) is 6.61 Å². The molecule has 0 amide bonds. The fourth-order valence-electron chi connectivity index (χ4n) is 4.01. The third-order valence-electron chi connectivity index (χ3n) is 5.97. The molecule has 3 heterocycles. The second kappa shape index (κ2) is 9.50. The Bertz CT molecular complexity index is 1690. The van der Waals surface area contributed by atoms with Gasteiger partial charge in [0.15, 0.2) is 17.1 Å². The number of imidazole rings is 1. The third kappa shape index (κ3) is 4.47. The molecule has 0 saturated carbocycles. The van der Waals surface area contributed by atoms with Crippen molar-refractivity contribution in [2.24, 2.45) is 0 Å². The number of fused-ring (bicyclic) bond motifs is 2. The second-order valence-corrected chi connectivity index (χ2v) is 8.29. The lowest BCUT2D eigenvalue weighted by molar-refractivity contribution is 0.284. The van der Waals surface area contributed by atoms with Crippen LogP contribution in [0.1, 0.15) is 5.56 Å². The zero-order valence-electron chi connectivity index (χ0n) is 20.2. The average molecular weight is 494 g/mol. The molecule has 10 nitrogen and oxygen atoms in total. The van der Waals surface area contributed by atoms with E-state index < -0.39 is 0 Å². The van der Waals surface area contributed by atoms with Gasteiger partial charge in [0, 0.05) is 17.1 Å². The fourth-order valence-corrected chi connectivity index (χ4v) is 4.01. The van der Waals surface area contributed by atoms with Gasteiger partial charge in [-0.15, -0.1) is 0 Å². The first-order valence-corrected chi connectivity index (χ1v) is 11.5. The summed E-state index contributed by atoms with van der Waals surface area (Å²) in [5.41, 5.74) is 5.02. The van der Waals surface area contributed by atoms with E-state index in [0.717, 1.165) is 33.6 Å². The molecule has 3 aromatic carbocycles. The number of benzene rings is 3. The molecule has 0 radical (unpaired) electrons. The first kappa shape index (κ1) is 22.4. The van der Waals surface area contributed by atoms with Gasteiger partial charge in [-0.25, -0.2) is 9.97 Å². The Morgan fingerprint density at radius 2 is 1.78 bits per heavy atom. The molecule has 37 heavy (non-hydrogen) atoms. The van der Waals surface area contributed by atoms with Gasteiger partial charge in [-0.1, -0.05) is 12.1 Å². The summed E-state index contributed by atoms with van der Waals surface area (Å²) >= 11 is 0. The summed E-state index contributed by atoms with van der Waals surface area (Å²) in [7, 11) is 3.25. The highest BCUT2D eigenvalue weighted by molar-refractivity contribution is 5.81. The maximum absolute atomic E-state index is 5.99. The molecule has 0 spiro atoms. The van der Waals surface area contributed by atoms with Crippen molar-refractivity contribution in [1.29, 1.82) is 0 Å². The SMILES string of the molecule is COc1ccc(COc2ccc(Nc3ncc4ncn(-c5ccc6cn[nH]c6c5)c4n3)cc2OC)cc1. The van der Waals surface area contributed by atoms with E-state index in [1.54, 1.807) is 32.9 Å².